The summed E-state index contributed by atoms with van der Waals surface area (Å²) in [7, 11) is 0. The van der Waals surface area contributed by atoms with Gasteiger partial charge in [-0.25, -0.2) is 4.79 Å². The Bertz CT molecular complexity index is 406. The third-order valence-electron chi connectivity index (χ3n) is 5.04. The van der Waals surface area contributed by atoms with Gasteiger partial charge in [0.25, 0.3) is 0 Å². The summed E-state index contributed by atoms with van der Waals surface area (Å²) in [5.41, 5.74) is -2.03. The zero-order valence-corrected chi connectivity index (χ0v) is 15.1. The smallest absolute Gasteiger partial charge is 0.346 e. The van der Waals surface area contributed by atoms with Gasteiger partial charge in [-0.3, -0.25) is 4.79 Å². The minimum absolute atomic E-state index is 0.0115. The number of carbonyl (C=O) groups is 2. The lowest BCUT2D eigenvalue weighted by molar-refractivity contribution is -0.172. The van der Waals surface area contributed by atoms with Gasteiger partial charge < -0.3 is 14.6 Å². The maximum absolute atomic E-state index is 11.9. The lowest BCUT2D eigenvalue weighted by atomic mass is 9.75. The van der Waals surface area contributed by atoms with E-state index in [1.807, 2.05) is 0 Å². The van der Waals surface area contributed by atoms with Crippen LogP contribution in [0.1, 0.15) is 60.3 Å². The molecular weight excluding hydrogens is 296 g/mol. The van der Waals surface area contributed by atoms with Gasteiger partial charge >= 0.3 is 5.97 Å². The Morgan fingerprint density at radius 2 is 1.91 bits per heavy atom. The van der Waals surface area contributed by atoms with Crippen LogP contribution in [0.4, 0.5) is 0 Å². The van der Waals surface area contributed by atoms with Gasteiger partial charge in [0.05, 0.1) is 12.7 Å². The highest BCUT2D eigenvalue weighted by Crippen LogP contribution is 2.35. The highest BCUT2D eigenvalue weighted by molar-refractivity contribution is 6.05. The number of ketones is 1. The van der Waals surface area contributed by atoms with Crippen molar-refractivity contribution in [1.82, 2.24) is 0 Å². The number of carbonyl (C=O) groups excluding carboxylic acids is 2. The molecule has 1 fully saturated rings. The molecule has 1 rings (SSSR count). The number of Topliss-reactive ketones (excluding diaryl/α,β-unsaturated/α-hetero) is 1. The van der Waals surface area contributed by atoms with E-state index in [2.05, 4.69) is 20.8 Å². The van der Waals surface area contributed by atoms with E-state index in [4.69, 9.17) is 9.47 Å². The fourth-order valence-electron chi connectivity index (χ4n) is 3.30. The van der Waals surface area contributed by atoms with E-state index in [1.54, 1.807) is 6.92 Å². The van der Waals surface area contributed by atoms with E-state index < -0.39 is 17.4 Å². The first-order valence-electron chi connectivity index (χ1n) is 8.74. The first-order chi connectivity index (χ1) is 10.7. The summed E-state index contributed by atoms with van der Waals surface area (Å²) in [6.07, 6.45) is 3.64. The van der Waals surface area contributed by atoms with E-state index in [9.17, 15) is 14.7 Å². The van der Waals surface area contributed by atoms with Crippen molar-refractivity contribution in [3.05, 3.63) is 0 Å². The second kappa shape index (κ2) is 8.78. The van der Waals surface area contributed by atoms with Gasteiger partial charge in [-0.05, 0) is 43.9 Å². The lowest BCUT2D eigenvalue weighted by Crippen LogP contribution is -2.46. The molecule has 0 aliphatic heterocycles. The molecule has 23 heavy (non-hydrogen) atoms. The van der Waals surface area contributed by atoms with Gasteiger partial charge in [0, 0.05) is 0 Å². The van der Waals surface area contributed by atoms with E-state index in [0.717, 1.165) is 6.42 Å². The average Bonchev–Trinajstić information content (AvgIpc) is 2.49. The molecular formula is C18H32O5. The summed E-state index contributed by atoms with van der Waals surface area (Å²) in [5, 5.41) is 10.00. The van der Waals surface area contributed by atoms with E-state index >= 15 is 0 Å². The third kappa shape index (κ3) is 5.28. The van der Waals surface area contributed by atoms with Gasteiger partial charge in [0.1, 0.15) is 6.61 Å². The molecule has 0 heterocycles. The summed E-state index contributed by atoms with van der Waals surface area (Å²) in [5.74, 6) is 0.283. The molecule has 0 bridgehead atoms. The molecule has 1 aliphatic rings. The Balaban J connectivity index is 2.43. The van der Waals surface area contributed by atoms with E-state index in [0.29, 0.717) is 24.4 Å². The van der Waals surface area contributed by atoms with Gasteiger partial charge in [-0.1, -0.05) is 34.1 Å². The van der Waals surface area contributed by atoms with Crippen LogP contribution in [0.15, 0.2) is 0 Å². The van der Waals surface area contributed by atoms with Crippen molar-refractivity contribution in [2.75, 3.05) is 13.2 Å². The van der Waals surface area contributed by atoms with Gasteiger partial charge in [-0.15, -0.1) is 0 Å². The van der Waals surface area contributed by atoms with Crippen molar-refractivity contribution in [2.45, 2.75) is 72.0 Å². The summed E-state index contributed by atoms with van der Waals surface area (Å²) in [6, 6.07) is 0. The third-order valence-corrected chi connectivity index (χ3v) is 5.04. The normalized spacial score (nSPS) is 27.5. The van der Waals surface area contributed by atoms with Crippen LogP contribution in [0.5, 0.6) is 0 Å². The SMILES string of the molecule is CCC(O)(C(C)=O)C(=O)OCCOC1CC(C)CCC1C(C)C. The fourth-order valence-corrected chi connectivity index (χ4v) is 3.30. The van der Waals surface area contributed by atoms with Gasteiger partial charge in [-0.2, -0.15) is 0 Å². The van der Waals surface area contributed by atoms with Crippen molar-refractivity contribution in [2.24, 2.45) is 17.8 Å². The molecule has 134 valence electrons. The average molecular weight is 328 g/mol. The molecule has 0 saturated heterocycles. The monoisotopic (exact) mass is 328 g/mol. The largest absolute Gasteiger partial charge is 0.461 e. The standard InChI is InChI=1S/C18H32O5/c1-6-18(21,14(5)19)17(20)23-10-9-22-16-11-13(4)7-8-15(16)12(2)3/h12-13,15-16,21H,6-11H2,1-5H3. The predicted molar refractivity (Wildman–Crippen MR) is 88.0 cm³/mol. The second-order valence-corrected chi connectivity index (χ2v) is 7.14. The quantitative estimate of drug-likeness (QED) is 0.421. The van der Waals surface area contributed by atoms with Crippen molar-refractivity contribution < 1.29 is 24.2 Å². The zero-order chi connectivity index (χ0) is 17.6. The van der Waals surface area contributed by atoms with Crippen LogP contribution in [0.25, 0.3) is 0 Å². The summed E-state index contributed by atoms with van der Waals surface area (Å²) < 4.78 is 11.0. The van der Waals surface area contributed by atoms with Crippen molar-refractivity contribution in [1.29, 1.82) is 0 Å². The predicted octanol–water partition coefficient (Wildman–Crippen LogP) is 2.74. The van der Waals surface area contributed by atoms with Crippen LogP contribution in [0.3, 0.4) is 0 Å². The summed E-state index contributed by atoms with van der Waals surface area (Å²) >= 11 is 0. The first-order valence-corrected chi connectivity index (χ1v) is 8.74. The maximum atomic E-state index is 11.9. The number of esters is 1. The maximum Gasteiger partial charge on any atom is 0.346 e. The topological polar surface area (TPSA) is 72.8 Å². The Hall–Kier alpha value is -0.940. The molecule has 0 aromatic rings. The number of rotatable bonds is 8. The first kappa shape index (κ1) is 20.1. The van der Waals surface area contributed by atoms with Crippen LogP contribution in [-0.2, 0) is 19.1 Å². The number of hydrogen-bond acceptors (Lipinski definition) is 5. The number of ether oxygens (including phenoxy) is 2. The molecule has 0 aromatic heterocycles. The second-order valence-electron chi connectivity index (χ2n) is 7.14. The fraction of sp³-hybridized carbons (Fsp3) is 0.889. The van der Waals surface area contributed by atoms with E-state index in [1.165, 1.54) is 19.8 Å². The zero-order valence-electron chi connectivity index (χ0n) is 15.1. The van der Waals surface area contributed by atoms with Crippen molar-refractivity contribution in [3.63, 3.8) is 0 Å². The molecule has 4 unspecified atom stereocenters. The molecule has 1 saturated carbocycles. The van der Waals surface area contributed by atoms with Crippen LogP contribution in [-0.4, -0.2) is 41.8 Å². The van der Waals surface area contributed by atoms with Crippen molar-refractivity contribution >= 4 is 11.8 Å². The minimum atomic E-state index is -2.03. The molecule has 0 aromatic carbocycles. The molecule has 5 nitrogen and oxygen atoms in total. The Morgan fingerprint density at radius 1 is 1.26 bits per heavy atom. The van der Waals surface area contributed by atoms with Crippen LogP contribution >= 0.6 is 0 Å². The van der Waals surface area contributed by atoms with E-state index in [-0.39, 0.29) is 19.1 Å². The molecule has 4 atom stereocenters. The van der Waals surface area contributed by atoms with Crippen LogP contribution < -0.4 is 0 Å². The summed E-state index contributed by atoms with van der Waals surface area (Å²) in [4.78, 5) is 23.3. The summed E-state index contributed by atoms with van der Waals surface area (Å²) in [6.45, 7) is 9.79. The molecule has 0 spiro atoms. The highest BCUT2D eigenvalue weighted by Gasteiger charge is 2.41. The lowest BCUT2D eigenvalue weighted by Gasteiger charge is -2.37. The molecule has 0 amide bonds. The minimum Gasteiger partial charge on any atom is -0.461 e. The Labute approximate surface area is 139 Å². The molecule has 1 aliphatic carbocycles. The molecule has 5 heteroatoms. The Kier molecular flexibility index (Phi) is 7.68. The highest BCUT2D eigenvalue weighted by atomic mass is 16.6. The van der Waals surface area contributed by atoms with Crippen LogP contribution in [0, 0.1) is 17.8 Å². The Morgan fingerprint density at radius 3 is 2.43 bits per heavy atom. The van der Waals surface area contributed by atoms with Crippen molar-refractivity contribution in [3.8, 4) is 0 Å². The molecule has 1 N–H and O–H groups in total. The van der Waals surface area contributed by atoms with Gasteiger partial charge in [0.15, 0.2) is 5.78 Å². The molecule has 0 radical (unpaired) electrons. The van der Waals surface area contributed by atoms with Gasteiger partial charge in [0.2, 0.25) is 5.60 Å². The van der Waals surface area contributed by atoms with Crippen LogP contribution in [0.2, 0.25) is 0 Å². The number of aliphatic hydroxyl groups is 1. The number of hydrogen-bond donors (Lipinski definition) is 1.